The first-order valence-electron chi connectivity index (χ1n) is 12.9. The zero-order valence-electron chi connectivity index (χ0n) is 22.1. The van der Waals surface area contributed by atoms with Crippen molar-refractivity contribution in [2.75, 3.05) is 5.32 Å². The lowest BCUT2D eigenvalue weighted by atomic mass is 10.00. The van der Waals surface area contributed by atoms with Crippen molar-refractivity contribution in [1.29, 1.82) is 0 Å². The minimum absolute atomic E-state index is 0.146. The number of rotatable bonds is 3. The van der Waals surface area contributed by atoms with E-state index in [1.54, 1.807) is 0 Å². The quantitative estimate of drug-likeness (QED) is 0.288. The van der Waals surface area contributed by atoms with Gasteiger partial charge in [-0.1, -0.05) is 54.1 Å². The molecule has 0 aliphatic carbocycles. The molecule has 6 heteroatoms. The normalized spacial score (nSPS) is 14.5. The van der Waals surface area contributed by atoms with Crippen molar-refractivity contribution < 1.29 is 4.79 Å². The Morgan fingerprint density at radius 3 is 2.45 bits per heavy atom. The summed E-state index contributed by atoms with van der Waals surface area (Å²) >= 11 is 0. The maximum Gasteiger partial charge on any atom is 0.322 e. The second kappa shape index (κ2) is 9.38. The fourth-order valence-corrected chi connectivity index (χ4v) is 5.35. The van der Waals surface area contributed by atoms with Gasteiger partial charge < -0.3 is 14.8 Å². The van der Waals surface area contributed by atoms with Gasteiger partial charge in [0.05, 0.1) is 29.7 Å². The third-order valence-corrected chi connectivity index (χ3v) is 7.46. The Morgan fingerprint density at radius 1 is 0.868 bits per heavy atom. The number of nitrogens with one attached hydrogen (secondary N) is 1. The summed E-state index contributed by atoms with van der Waals surface area (Å²) in [6, 6.07) is 28.3. The number of aryl methyl sites for hydroxylation is 4. The van der Waals surface area contributed by atoms with E-state index in [-0.39, 0.29) is 12.1 Å². The van der Waals surface area contributed by atoms with Crippen LogP contribution in [0.3, 0.4) is 0 Å². The van der Waals surface area contributed by atoms with Crippen LogP contribution in [0.25, 0.3) is 11.5 Å². The Kier molecular flexibility index (Phi) is 5.87. The van der Waals surface area contributed by atoms with Crippen molar-refractivity contribution >= 4 is 11.7 Å². The second-order valence-corrected chi connectivity index (χ2v) is 10.1. The molecule has 2 amide bonds. The minimum Gasteiger partial charge on any atom is -0.308 e. The molecule has 0 radical (unpaired) electrons. The van der Waals surface area contributed by atoms with Crippen LogP contribution in [-0.2, 0) is 6.54 Å². The number of nitrogens with zero attached hydrogens (tertiary/aromatic N) is 4. The van der Waals surface area contributed by atoms with Crippen LogP contribution < -0.4 is 5.32 Å². The molecule has 1 aliphatic heterocycles. The molecule has 0 fully saturated rings. The van der Waals surface area contributed by atoms with Gasteiger partial charge in [-0.3, -0.25) is 0 Å². The van der Waals surface area contributed by atoms with E-state index >= 15 is 0 Å². The van der Waals surface area contributed by atoms with E-state index in [4.69, 9.17) is 5.10 Å². The lowest BCUT2D eigenvalue weighted by Gasteiger charge is -2.31. The molecule has 5 aromatic rings. The highest BCUT2D eigenvalue weighted by Gasteiger charge is 2.36. The Hall–Kier alpha value is -4.58. The Labute approximate surface area is 223 Å². The lowest BCUT2D eigenvalue weighted by Crippen LogP contribution is -2.38. The number of para-hydroxylation sites is 1. The first-order valence-corrected chi connectivity index (χ1v) is 12.9. The molecule has 1 aliphatic rings. The number of aromatic nitrogens is 3. The second-order valence-electron chi connectivity index (χ2n) is 10.1. The molecule has 190 valence electrons. The van der Waals surface area contributed by atoms with Crippen LogP contribution in [0.1, 0.15) is 45.2 Å². The van der Waals surface area contributed by atoms with E-state index in [9.17, 15) is 4.79 Å². The summed E-state index contributed by atoms with van der Waals surface area (Å²) in [4.78, 5) is 16.0. The number of anilines is 1. The van der Waals surface area contributed by atoms with Crippen LogP contribution in [0.5, 0.6) is 0 Å². The Bertz CT molecular complexity index is 1650. The van der Waals surface area contributed by atoms with Crippen molar-refractivity contribution in [1.82, 2.24) is 19.2 Å². The van der Waals surface area contributed by atoms with Crippen molar-refractivity contribution in [3.63, 3.8) is 0 Å². The summed E-state index contributed by atoms with van der Waals surface area (Å²) in [6.07, 6.45) is 2.07. The fraction of sp³-hybridized carbons (Fsp3) is 0.188. The van der Waals surface area contributed by atoms with E-state index in [0.29, 0.717) is 6.54 Å². The van der Waals surface area contributed by atoms with Crippen LogP contribution in [0.4, 0.5) is 10.5 Å². The van der Waals surface area contributed by atoms with Gasteiger partial charge in [0.15, 0.2) is 0 Å². The highest BCUT2D eigenvalue weighted by Crippen LogP contribution is 2.39. The Morgan fingerprint density at radius 2 is 1.68 bits per heavy atom. The molecule has 3 heterocycles. The minimum atomic E-state index is -0.285. The molecule has 6 nitrogen and oxygen atoms in total. The molecular weight excluding hydrogens is 470 g/mol. The van der Waals surface area contributed by atoms with E-state index < -0.39 is 0 Å². The molecule has 0 saturated carbocycles. The third kappa shape index (κ3) is 4.08. The first-order chi connectivity index (χ1) is 18.4. The SMILES string of the molecule is Cc1cccc([C@H]2c3cccn3-c3c(c(C)nn3-c3ccccc3)CN2C(=O)Nc2ccc(C)c(C)c2)c1. The maximum atomic E-state index is 14.1. The molecule has 6 rings (SSSR count). The number of hydrogen-bond acceptors (Lipinski definition) is 2. The van der Waals surface area contributed by atoms with Crippen LogP contribution in [0.15, 0.2) is 91.1 Å². The van der Waals surface area contributed by atoms with Crippen molar-refractivity contribution in [3.8, 4) is 11.5 Å². The number of carbonyl (C=O) groups is 1. The molecule has 0 spiro atoms. The van der Waals surface area contributed by atoms with Gasteiger partial charge in [0, 0.05) is 17.4 Å². The smallest absolute Gasteiger partial charge is 0.308 e. The monoisotopic (exact) mass is 501 g/mol. The van der Waals surface area contributed by atoms with Crippen LogP contribution in [0, 0.1) is 27.7 Å². The number of fused-ring (bicyclic) bond motifs is 3. The summed E-state index contributed by atoms with van der Waals surface area (Å²) in [5.41, 5.74) is 9.28. The predicted molar refractivity (Wildman–Crippen MR) is 151 cm³/mol. The zero-order valence-corrected chi connectivity index (χ0v) is 22.1. The fourth-order valence-electron chi connectivity index (χ4n) is 5.35. The number of benzene rings is 3. The summed E-state index contributed by atoms with van der Waals surface area (Å²) in [5.74, 6) is 0.966. The number of carbonyl (C=O) groups excluding carboxylic acids is 1. The predicted octanol–water partition coefficient (Wildman–Crippen LogP) is 7.03. The summed E-state index contributed by atoms with van der Waals surface area (Å²) < 4.78 is 4.19. The van der Waals surface area contributed by atoms with Gasteiger partial charge in [-0.05, 0) is 80.8 Å². The van der Waals surface area contributed by atoms with Crippen molar-refractivity contribution in [3.05, 3.63) is 130 Å². The summed E-state index contributed by atoms with van der Waals surface area (Å²) in [6.45, 7) is 8.67. The van der Waals surface area contributed by atoms with Gasteiger partial charge in [-0.2, -0.15) is 5.10 Å². The molecule has 2 aromatic heterocycles. The molecule has 38 heavy (non-hydrogen) atoms. The molecule has 1 N–H and O–H groups in total. The van der Waals surface area contributed by atoms with Crippen molar-refractivity contribution in [2.45, 2.75) is 40.3 Å². The van der Waals surface area contributed by atoms with E-state index in [1.165, 1.54) is 5.56 Å². The Balaban J connectivity index is 1.53. The summed E-state index contributed by atoms with van der Waals surface area (Å²) in [5, 5.41) is 8.12. The molecule has 0 bridgehead atoms. The maximum absolute atomic E-state index is 14.1. The average molecular weight is 502 g/mol. The van der Waals surface area contributed by atoms with Gasteiger partial charge in [0.25, 0.3) is 0 Å². The topological polar surface area (TPSA) is 55.1 Å². The average Bonchev–Trinajstić information content (AvgIpc) is 3.47. The first kappa shape index (κ1) is 23.8. The van der Waals surface area contributed by atoms with E-state index in [2.05, 4.69) is 79.3 Å². The summed E-state index contributed by atoms with van der Waals surface area (Å²) in [7, 11) is 0. The molecule has 0 saturated heterocycles. The molecule has 1 atom stereocenters. The number of hydrogen-bond donors (Lipinski definition) is 1. The van der Waals surface area contributed by atoms with Crippen LogP contribution >= 0.6 is 0 Å². The largest absolute Gasteiger partial charge is 0.322 e. The van der Waals surface area contributed by atoms with Gasteiger partial charge in [-0.15, -0.1) is 0 Å². The molecule has 0 unspecified atom stereocenters. The van der Waals surface area contributed by atoms with Crippen LogP contribution in [-0.4, -0.2) is 25.3 Å². The zero-order chi connectivity index (χ0) is 26.4. The van der Waals surface area contributed by atoms with Crippen LogP contribution in [0.2, 0.25) is 0 Å². The third-order valence-electron chi connectivity index (χ3n) is 7.46. The van der Waals surface area contributed by atoms with Gasteiger partial charge >= 0.3 is 6.03 Å². The highest BCUT2D eigenvalue weighted by molar-refractivity contribution is 5.90. The molecular formula is C32H31N5O. The standard InChI is InChI=1S/C32H31N5O/c1-21-10-8-11-25(18-21)30-29-14-9-17-35(29)31-28(24(4)34-37(31)27-12-6-5-7-13-27)20-36(30)32(38)33-26-16-15-22(2)23(3)19-26/h5-19,30H,20H2,1-4H3,(H,33,38)/t30-/m0/s1. The number of urea groups is 1. The van der Waals surface area contributed by atoms with Gasteiger partial charge in [0.2, 0.25) is 0 Å². The van der Waals surface area contributed by atoms with Gasteiger partial charge in [0.1, 0.15) is 5.82 Å². The molecule has 3 aromatic carbocycles. The van der Waals surface area contributed by atoms with E-state index in [1.807, 2.05) is 59.0 Å². The lowest BCUT2D eigenvalue weighted by molar-refractivity contribution is 0.194. The number of amides is 2. The van der Waals surface area contributed by atoms with Gasteiger partial charge in [-0.25, -0.2) is 9.48 Å². The highest BCUT2D eigenvalue weighted by atomic mass is 16.2. The van der Waals surface area contributed by atoms with E-state index in [0.717, 1.165) is 50.8 Å². The van der Waals surface area contributed by atoms with Crippen molar-refractivity contribution in [2.24, 2.45) is 0 Å².